The van der Waals surface area contributed by atoms with Crippen molar-refractivity contribution in [2.75, 3.05) is 39.3 Å². The average Bonchev–Trinajstić information content (AvgIpc) is 3.20. The molecule has 0 aromatic heterocycles. The molecule has 2 aromatic rings. The van der Waals surface area contributed by atoms with Gasteiger partial charge in [-0.2, -0.15) is 0 Å². The second-order valence-corrected chi connectivity index (χ2v) is 7.98. The van der Waals surface area contributed by atoms with E-state index in [1.807, 2.05) is 4.90 Å². The Bertz CT molecular complexity index is 910. The molecule has 2 aliphatic rings. The zero-order valence-corrected chi connectivity index (χ0v) is 17.0. The van der Waals surface area contributed by atoms with Gasteiger partial charge < -0.3 is 19.9 Å². The lowest BCUT2D eigenvalue weighted by Gasteiger charge is -2.32. The van der Waals surface area contributed by atoms with Crippen molar-refractivity contribution in [3.8, 4) is 5.75 Å². The van der Waals surface area contributed by atoms with Crippen LogP contribution in [0.2, 0.25) is 5.02 Å². The standard InChI is InChI=1S/C22H24ClN3O3/c23-19-3-1-2-18(13-19)22(28)24-14-21(27)26-9-7-25(8-10-26)15-16-4-5-20-17(12-16)6-11-29-20/h1-5,12-13H,6-11,14-15H2,(H,24,28)/p+1. The molecule has 2 N–H and O–H groups in total. The summed E-state index contributed by atoms with van der Waals surface area (Å²) in [6.45, 7) is 4.96. The number of carbonyl (C=O) groups is 2. The highest BCUT2D eigenvalue weighted by Crippen LogP contribution is 2.25. The maximum atomic E-state index is 12.5. The predicted octanol–water partition coefficient (Wildman–Crippen LogP) is 0.932. The Balaban J connectivity index is 1.23. The fourth-order valence-corrected chi connectivity index (χ4v) is 4.08. The molecule has 6 nitrogen and oxygen atoms in total. The number of benzene rings is 2. The summed E-state index contributed by atoms with van der Waals surface area (Å²) < 4.78 is 5.57. The Morgan fingerprint density at radius 1 is 1.14 bits per heavy atom. The molecule has 0 bridgehead atoms. The van der Waals surface area contributed by atoms with Gasteiger partial charge in [-0.15, -0.1) is 0 Å². The van der Waals surface area contributed by atoms with Crippen LogP contribution >= 0.6 is 11.6 Å². The van der Waals surface area contributed by atoms with E-state index >= 15 is 0 Å². The molecule has 0 radical (unpaired) electrons. The van der Waals surface area contributed by atoms with Crippen molar-refractivity contribution < 1.29 is 19.2 Å². The van der Waals surface area contributed by atoms with E-state index in [0.717, 1.165) is 38.4 Å². The molecule has 0 saturated carbocycles. The normalized spacial score (nSPS) is 16.2. The topological polar surface area (TPSA) is 63.1 Å². The maximum Gasteiger partial charge on any atom is 0.251 e. The van der Waals surface area contributed by atoms with Crippen molar-refractivity contribution in [1.29, 1.82) is 0 Å². The van der Waals surface area contributed by atoms with Gasteiger partial charge in [-0.1, -0.05) is 17.7 Å². The van der Waals surface area contributed by atoms with Crippen LogP contribution < -0.4 is 15.0 Å². The zero-order chi connectivity index (χ0) is 20.2. The summed E-state index contributed by atoms with van der Waals surface area (Å²) in [6.07, 6.45) is 0.988. The minimum atomic E-state index is -0.286. The third-order valence-electron chi connectivity index (χ3n) is 5.52. The number of hydrogen-bond acceptors (Lipinski definition) is 3. The van der Waals surface area contributed by atoms with Gasteiger partial charge in [-0.25, -0.2) is 0 Å². The van der Waals surface area contributed by atoms with Crippen molar-refractivity contribution in [2.45, 2.75) is 13.0 Å². The molecule has 0 unspecified atom stereocenters. The van der Waals surface area contributed by atoms with E-state index in [9.17, 15) is 9.59 Å². The summed E-state index contributed by atoms with van der Waals surface area (Å²) in [7, 11) is 0. The second-order valence-electron chi connectivity index (χ2n) is 7.54. The lowest BCUT2D eigenvalue weighted by molar-refractivity contribution is -0.917. The molecule has 2 amide bonds. The van der Waals surface area contributed by atoms with E-state index in [1.54, 1.807) is 24.3 Å². The zero-order valence-electron chi connectivity index (χ0n) is 16.2. The average molecular weight is 415 g/mol. The van der Waals surface area contributed by atoms with Crippen LogP contribution in [0.3, 0.4) is 0 Å². The molecule has 7 heteroatoms. The molecule has 1 saturated heterocycles. The molecule has 2 heterocycles. The number of nitrogens with zero attached hydrogens (tertiary/aromatic N) is 1. The highest BCUT2D eigenvalue weighted by atomic mass is 35.5. The fraction of sp³-hybridized carbons (Fsp3) is 0.364. The van der Waals surface area contributed by atoms with Gasteiger partial charge in [0.25, 0.3) is 5.91 Å². The van der Waals surface area contributed by atoms with Crippen LogP contribution in [0.1, 0.15) is 21.5 Å². The molecular weight excluding hydrogens is 390 g/mol. The molecule has 152 valence electrons. The number of hydrogen-bond donors (Lipinski definition) is 2. The third kappa shape index (κ3) is 4.89. The smallest absolute Gasteiger partial charge is 0.251 e. The number of ether oxygens (including phenoxy) is 1. The van der Waals surface area contributed by atoms with Crippen molar-refractivity contribution in [3.05, 3.63) is 64.2 Å². The first-order valence-corrected chi connectivity index (χ1v) is 10.4. The molecule has 0 aliphatic carbocycles. The lowest BCUT2D eigenvalue weighted by Crippen LogP contribution is -3.13. The van der Waals surface area contributed by atoms with Crippen LogP contribution in [0.15, 0.2) is 42.5 Å². The predicted molar refractivity (Wildman–Crippen MR) is 110 cm³/mol. The van der Waals surface area contributed by atoms with Gasteiger partial charge in [0.05, 0.1) is 39.3 Å². The number of carbonyl (C=O) groups excluding carboxylic acids is 2. The van der Waals surface area contributed by atoms with Gasteiger partial charge in [-0.3, -0.25) is 9.59 Å². The summed E-state index contributed by atoms with van der Waals surface area (Å²) in [5, 5.41) is 3.19. The number of quaternary nitrogens is 1. The highest BCUT2D eigenvalue weighted by molar-refractivity contribution is 6.30. The Hall–Kier alpha value is -2.57. The van der Waals surface area contributed by atoms with Gasteiger partial charge in [0.15, 0.2) is 0 Å². The maximum absolute atomic E-state index is 12.5. The Morgan fingerprint density at radius 3 is 2.76 bits per heavy atom. The summed E-state index contributed by atoms with van der Waals surface area (Å²) in [6, 6.07) is 13.2. The van der Waals surface area contributed by atoms with Gasteiger partial charge in [0.2, 0.25) is 5.91 Å². The van der Waals surface area contributed by atoms with Gasteiger partial charge in [0.1, 0.15) is 12.3 Å². The quantitative estimate of drug-likeness (QED) is 0.765. The largest absolute Gasteiger partial charge is 0.493 e. The molecular formula is C22H25ClN3O3+. The number of piperazine rings is 1. The summed E-state index contributed by atoms with van der Waals surface area (Å²) >= 11 is 5.91. The third-order valence-corrected chi connectivity index (χ3v) is 5.75. The van der Waals surface area contributed by atoms with Crippen LogP contribution in [0.5, 0.6) is 5.75 Å². The monoisotopic (exact) mass is 414 g/mol. The van der Waals surface area contributed by atoms with E-state index in [0.29, 0.717) is 23.7 Å². The van der Waals surface area contributed by atoms with Gasteiger partial charge in [-0.05, 0) is 42.0 Å². The Labute approximate surface area is 175 Å². The highest BCUT2D eigenvalue weighted by Gasteiger charge is 2.24. The van der Waals surface area contributed by atoms with Crippen molar-refractivity contribution >= 4 is 23.4 Å². The lowest BCUT2D eigenvalue weighted by atomic mass is 10.1. The van der Waals surface area contributed by atoms with Crippen LogP contribution in [0.4, 0.5) is 0 Å². The van der Waals surface area contributed by atoms with Crippen molar-refractivity contribution in [3.63, 3.8) is 0 Å². The summed E-state index contributed by atoms with van der Waals surface area (Å²) in [4.78, 5) is 27.9. The van der Waals surface area contributed by atoms with Crippen LogP contribution in [0.25, 0.3) is 0 Å². The van der Waals surface area contributed by atoms with Gasteiger partial charge in [0, 0.05) is 22.6 Å². The Morgan fingerprint density at radius 2 is 1.97 bits per heavy atom. The van der Waals surface area contributed by atoms with Crippen LogP contribution in [-0.2, 0) is 17.8 Å². The molecule has 4 rings (SSSR count). The number of amides is 2. The molecule has 1 fully saturated rings. The van der Waals surface area contributed by atoms with E-state index in [4.69, 9.17) is 16.3 Å². The summed E-state index contributed by atoms with van der Waals surface area (Å²) in [5.41, 5.74) is 3.07. The first-order valence-electron chi connectivity index (χ1n) is 9.98. The van der Waals surface area contributed by atoms with E-state index in [1.165, 1.54) is 16.0 Å². The number of nitrogens with one attached hydrogen (secondary N) is 2. The van der Waals surface area contributed by atoms with Crippen LogP contribution in [0, 0.1) is 0 Å². The van der Waals surface area contributed by atoms with Crippen LogP contribution in [-0.4, -0.2) is 56.0 Å². The summed E-state index contributed by atoms with van der Waals surface area (Å²) in [5.74, 6) is 0.679. The molecule has 0 atom stereocenters. The number of rotatable bonds is 5. The first kappa shape index (κ1) is 19.7. The Kier molecular flexibility index (Phi) is 6.02. The SMILES string of the molecule is O=C(NCC(=O)N1CC[NH+](Cc2ccc3c(c2)CCO3)CC1)c1cccc(Cl)c1. The minimum absolute atomic E-state index is 0.00546. The van der Waals surface area contributed by atoms with Crippen molar-refractivity contribution in [2.24, 2.45) is 0 Å². The number of halogens is 1. The van der Waals surface area contributed by atoms with Crippen molar-refractivity contribution in [1.82, 2.24) is 10.2 Å². The second kappa shape index (κ2) is 8.84. The molecule has 0 spiro atoms. The van der Waals surface area contributed by atoms with E-state index in [2.05, 4.69) is 23.5 Å². The fourth-order valence-electron chi connectivity index (χ4n) is 3.89. The van der Waals surface area contributed by atoms with E-state index < -0.39 is 0 Å². The molecule has 29 heavy (non-hydrogen) atoms. The van der Waals surface area contributed by atoms with Gasteiger partial charge >= 0.3 is 0 Å². The minimum Gasteiger partial charge on any atom is -0.493 e. The molecule has 2 aliphatic heterocycles. The number of fused-ring (bicyclic) bond motifs is 1. The van der Waals surface area contributed by atoms with E-state index in [-0.39, 0.29) is 18.4 Å². The first-order chi connectivity index (χ1) is 14.1. The molecule has 2 aromatic carbocycles.